The van der Waals surface area contributed by atoms with Gasteiger partial charge in [0.25, 0.3) is 0 Å². The largest absolute Gasteiger partial charge is 0.481 e. The number of aliphatic carboxylic acids is 1. The van der Waals surface area contributed by atoms with Gasteiger partial charge in [0.15, 0.2) is 0 Å². The lowest BCUT2D eigenvalue weighted by atomic mass is 9.98. The molecule has 1 heterocycles. The number of benzene rings is 2. The number of hydrogen-bond donors (Lipinski definition) is 2. The Balaban J connectivity index is 1.51. The van der Waals surface area contributed by atoms with Crippen LogP contribution in [0.15, 0.2) is 59.7 Å². The molecule has 1 aliphatic heterocycles. The maximum Gasteiger partial charge on any atom is 0.307 e. The second-order valence-corrected chi connectivity index (χ2v) is 6.60. The van der Waals surface area contributed by atoms with Gasteiger partial charge in [-0.15, -0.1) is 0 Å². The van der Waals surface area contributed by atoms with Crippen molar-refractivity contribution in [2.45, 2.75) is 12.8 Å². The van der Waals surface area contributed by atoms with Gasteiger partial charge in [0, 0.05) is 25.2 Å². The molecule has 0 spiro atoms. The maximum atomic E-state index is 11.1. The van der Waals surface area contributed by atoms with Crippen LogP contribution in [0.1, 0.15) is 18.4 Å². The Kier molecular flexibility index (Phi) is 6.39. The fraction of sp³-hybridized carbons (Fsp3) is 0.333. The lowest BCUT2D eigenvalue weighted by Gasteiger charge is -2.30. The molecule has 1 atom stereocenters. The molecule has 0 radical (unpaired) electrons. The van der Waals surface area contributed by atoms with E-state index in [9.17, 15) is 4.79 Å². The molecule has 0 saturated carbocycles. The Morgan fingerprint density at radius 2 is 1.96 bits per heavy atom. The Morgan fingerprint density at radius 1 is 1.19 bits per heavy atom. The van der Waals surface area contributed by atoms with Crippen molar-refractivity contribution in [3.8, 4) is 11.1 Å². The predicted molar refractivity (Wildman–Crippen MR) is 104 cm³/mol. The van der Waals surface area contributed by atoms with Crippen LogP contribution in [-0.4, -0.2) is 48.4 Å². The molecule has 0 aliphatic carbocycles. The minimum atomic E-state index is -0.682. The molecule has 0 bridgehead atoms. The summed E-state index contributed by atoms with van der Waals surface area (Å²) in [6, 6.07) is 18.4. The summed E-state index contributed by atoms with van der Waals surface area (Å²) in [5.74, 6) is -0.914. The van der Waals surface area contributed by atoms with Crippen molar-refractivity contribution in [3.05, 3.63) is 60.2 Å². The molecule has 136 valence electrons. The van der Waals surface area contributed by atoms with Crippen LogP contribution in [0.2, 0.25) is 0 Å². The number of carboxylic acids is 1. The van der Waals surface area contributed by atoms with E-state index in [1.165, 1.54) is 5.56 Å². The van der Waals surface area contributed by atoms with Gasteiger partial charge in [-0.05, 0) is 30.5 Å². The van der Waals surface area contributed by atoms with Crippen molar-refractivity contribution in [2.24, 2.45) is 11.0 Å². The molecule has 5 nitrogen and oxygen atoms in total. The van der Waals surface area contributed by atoms with Crippen LogP contribution >= 0.6 is 0 Å². The number of hydrogen-bond acceptors (Lipinski definition) is 4. The van der Waals surface area contributed by atoms with Gasteiger partial charge in [0.05, 0.1) is 12.1 Å². The minimum Gasteiger partial charge on any atom is -0.481 e. The first-order valence-corrected chi connectivity index (χ1v) is 9.09. The molecule has 2 aromatic carbocycles. The van der Waals surface area contributed by atoms with E-state index >= 15 is 0 Å². The first-order valence-electron chi connectivity index (χ1n) is 9.09. The van der Waals surface area contributed by atoms with E-state index in [1.807, 2.05) is 36.5 Å². The SMILES string of the molecule is O=C(O)C1CCCN(CCN/N=C/c2ccccc2-c2ccccc2)C1. The number of carbonyl (C=O) groups is 1. The van der Waals surface area contributed by atoms with Gasteiger partial charge in [0.2, 0.25) is 0 Å². The number of nitrogens with one attached hydrogen (secondary N) is 1. The lowest BCUT2D eigenvalue weighted by molar-refractivity contribution is -0.143. The van der Waals surface area contributed by atoms with Gasteiger partial charge in [-0.3, -0.25) is 4.79 Å². The summed E-state index contributed by atoms with van der Waals surface area (Å²) in [4.78, 5) is 13.3. The van der Waals surface area contributed by atoms with Gasteiger partial charge >= 0.3 is 5.97 Å². The van der Waals surface area contributed by atoms with E-state index < -0.39 is 5.97 Å². The van der Waals surface area contributed by atoms with Crippen LogP contribution < -0.4 is 5.43 Å². The van der Waals surface area contributed by atoms with E-state index in [4.69, 9.17) is 5.11 Å². The fourth-order valence-corrected chi connectivity index (χ4v) is 3.34. The first-order chi connectivity index (χ1) is 12.7. The third kappa shape index (κ3) is 4.92. The van der Waals surface area contributed by atoms with Crippen LogP contribution in [0.25, 0.3) is 11.1 Å². The van der Waals surface area contributed by atoms with E-state index in [-0.39, 0.29) is 5.92 Å². The van der Waals surface area contributed by atoms with Crippen LogP contribution in [0.5, 0.6) is 0 Å². The van der Waals surface area contributed by atoms with Crippen molar-refractivity contribution >= 4 is 12.2 Å². The number of likely N-dealkylation sites (tertiary alicyclic amines) is 1. The maximum absolute atomic E-state index is 11.1. The van der Waals surface area contributed by atoms with Crippen LogP contribution in [0.3, 0.4) is 0 Å². The van der Waals surface area contributed by atoms with E-state index in [2.05, 4.69) is 39.7 Å². The summed E-state index contributed by atoms with van der Waals surface area (Å²) in [6.07, 6.45) is 3.58. The highest BCUT2D eigenvalue weighted by molar-refractivity contribution is 5.90. The van der Waals surface area contributed by atoms with Gasteiger partial charge in [0.1, 0.15) is 0 Å². The van der Waals surface area contributed by atoms with Crippen molar-refractivity contribution in [2.75, 3.05) is 26.2 Å². The molecule has 0 aromatic heterocycles. The highest BCUT2D eigenvalue weighted by atomic mass is 16.4. The molecule has 0 amide bonds. The number of nitrogens with zero attached hydrogens (tertiary/aromatic N) is 2. The molecule has 5 heteroatoms. The van der Waals surface area contributed by atoms with Crippen molar-refractivity contribution in [1.82, 2.24) is 10.3 Å². The standard InChI is InChI=1S/C21H25N3O2/c25-21(26)19-10-6-13-24(16-19)14-12-22-23-15-18-9-4-5-11-20(18)17-7-2-1-3-8-17/h1-5,7-9,11,15,19,22H,6,10,12-14,16H2,(H,25,26)/b23-15+. The number of piperidine rings is 1. The Labute approximate surface area is 154 Å². The summed E-state index contributed by atoms with van der Waals surface area (Å²) in [5, 5.41) is 13.5. The Bertz CT molecular complexity index is 746. The zero-order chi connectivity index (χ0) is 18.2. The highest BCUT2D eigenvalue weighted by Crippen LogP contribution is 2.22. The monoisotopic (exact) mass is 351 g/mol. The fourth-order valence-electron chi connectivity index (χ4n) is 3.34. The second kappa shape index (κ2) is 9.15. The van der Waals surface area contributed by atoms with Gasteiger partial charge < -0.3 is 15.4 Å². The molecule has 2 aromatic rings. The molecule has 1 fully saturated rings. The second-order valence-electron chi connectivity index (χ2n) is 6.60. The van der Waals surface area contributed by atoms with Crippen molar-refractivity contribution < 1.29 is 9.90 Å². The Morgan fingerprint density at radius 3 is 2.77 bits per heavy atom. The summed E-state index contributed by atoms with van der Waals surface area (Å²) in [6.45, 7) is 3.11. The third-order valence-corrected chi connectivity index (χ3v) is 4.74. The number of carboxylic acid groups (broad SMARTS) is 1. The Hall–Kier alpha value is -2.66. The topological polar surface area (TPSA) is 64.9 Å². The summed E-state index contributed by atoms with van der Waals surface area (Å²) >= 11 is 0. The average Bonchev–Trinajstić information content (AvgIpc) is 2.69. The van der Waals surface area contributed by atoms with E-state index in [1.54, 1.807) is 0 Å². The summed E-state index contributed by atoms with van der Waals surface area (Å²) in [5.41, 5.74) is 6.47. The van der Waals surface area contributed by atoms with Gasteiger partial charge in [-0.1, -0.05) is 54.6 Å². The quantitative estimate of drug-likeness (QED) is 0.457. The predicted octanol–water partition coefficient (Wildman–Crippen LogP) is 3.07. The van der Waals surface area contributed by atoms with Crippen LogP contribution in [-0.2, 0) is 4.79 Å². The summed E-state index contributed by atoms with van der Waals surface area (Å²) in [7, 11) is 0. The zero-order valence-electron chi connectivity index (χ0n) is 14.8. The van der Waals surface area contributed by atoms with E-state index in [0.717, 1.165) is 37.1 Å². The summed E-state index contributed by atoms with van der Waals surface area (Å²) < 4.78 is 0. The van der Waals surface area contributed by atoms with Crippen LogP contribution in [0.4, 0.5) is 0 Å². The molecule has 2 N–H and O–H groups in total. The average molecular weight is 351 g/mol. The first kappa shape index (κ1) is 18.1. The molecular formula is C21H25N3O2. The highest BCUT2D eigenvalue weighted by Gasteiger charge is 2.24. The van der Waals surface area contributed by atoms with Crippen LogP contribution in [0, 0.1) is 5.92 Å². The zero-order valence-corrected chi connectivity index (χ0v) is 14.8. The molecule has 3 rings (SSSR count). The third-order valence-electron chi connectivity index (χ3n) is 4.74. The molecule has 1 aliphatic rings. The lowest BCUT2D eigenvalue weighted by Crippen LogP contribution is -2.41. The van der Waals surface area contributed by atoms with Crippen molar-refractivity contribution in [3.63, 3.8) is 0 Å². The molecule has 1 saturated heterocycles. The molecule has 26 heavy (non-hydrogen) atoms. The van der Waals surface area contributed by atoms with Gasteiger partial charge in [-0.25, -0.2) is 0 Å². The molecular weight excluding hydrogens is 326 g/mol. The van der Waals surface area contributed by atoms with Crippen molar-refractivity contribution in [1.29, 1.82) is 0 Å². The number of rotatable bonds is 7. The number of hydrazone groups is 1. The van der Waals surface area contributed by atoms with Gasteiger partial charge in [-0.2, -0.15) is 5.10 Å². The minimum absolute atomic E-state index is 0.231. The smallest absolute Gasteiger partial charge is 0.307 e. The molecule has 1 unspecified atom stereocenters. The van der Waals surface area contributed by atoms with E-state index in [0.29, 0.717) is 13.1 Å². The normalized spacial score (nSPS) is 18.1.